The van der Waals surface area contributed by atoms with Crippen molar-refractivity contribution in [2.75, 3.05) is 38.7 Å². The number of hydrogen-bond acceptors (Lipinski definition) is 5. The molecule has 162 valence electrons. The summed E-state index contributed by atoms with van der Waals surface area (Å²) >= 11 is 0. The smallest absolute Gasteiger partial charge is 0.248 e. The lowest BCUT2D eigenvalue weighted by Gasteiger charge is -2.21. The maximum atomic E-state index is 12.2. The highest BCUT2D eigenvalue weighted by atomic mass is 16.5. The quantitative estimate of drug-likeness (QED) is 0.384. The lowest BCUT2D eigenvalue weighted by atomic mass is 10.2. The summed E-state index contributed by atoms with van der Waals surface area (Å²) in [5.74, 6) is 1.07. The molecule has 0 spiro atoms. The first kappa shape index (κ1) is 23.4. The van der Waals surface area contributed by atoms with Crippen LogP contribution in [0.5, 0.6) is 11.5 Å². The summed E-state index contributed by atoms with van der Waals surface area (Å²) in [5.41, 5.74) is 1.58. The third kappa shape index (κ3) is 8.25. The van der Waals surface area contributed by atoms with Gasteiger partial charge < -0.3 is 19.7 Å². The van der Waals surface area contributed by atoms with Crippen molar-refractivity contribution >= 4 is 17.7 Å². The van der Waals surface area contributed by atoms with Crippen LogP contribution < -0.4 is 14.8 Å². The van der Waals surface area contributed by atoms with Crippen molar-refractivity contribution in [3.63, 3.8) is 0 Å². The number of rotatable bonds is 13. The van der Waals surface area contributed by atoms with E-state index in [4.69, 9.17) is 9.47 Å². The Morgan fingerprint density at radius 2 is 1.80 bits per heavy atom. The summed E-state index contributed by atoms with van der Waals surface area (Å²) in [6.45, 7) is 8.25. The van der Waals surface area contributed by atoms with Crippen LogP contribution in [-0.4, -0.2) is 49.1 Å². The van der Waals surface area contributed by atoms with Gasteiger partial charge in [0.25, 0.3) is 0 Å². The molecule has 6 nitrogen and oxygen atoms in total. The molecular weight excluding hydrogens is 378 g/mol. The van der Waals surface area contributed by atoms with Gasteiger partial charge in [-0.15, -0.1) is 0 Å². The summed E-state index contributed by atoms with van der Waals surface area (Å²) < 4.78 is 11.4. The van der Waals surface area contributed by atoms with Crippen LogP contribution in [0.15, 0.2) is 48.8 Å². The molecule has 2 rings (SSSR count). The van der Waals surface area contributed by atoms with Crippen molar-refractivity contribution in [2.24, 2.45) is 0 Å². The molecule has 1 heterocycles. The molecular formula is C24H33N3O3. The van der Waals surface area contributed by atoms with E-state index < -0.39 is 0 Å². The normalized spacial score (nSPS) is 11.1. The first-order valence-corrected chi connectivity index (χ1v) is 10.6. The summed E-state index contributed by atoms with van der Waals surface area (Å²) in [7, 11) is 1.61. The molecule has 0 aliphatic heterocycles. The number of pyridine rings is 1. The standard InChI is InChI=1S/C24H33N3O3/c1-4-15-27(16-5-2)17-6-18-30-23-19-21(8-9-22(23)29-3)26-24(28)10-7-20-11-13-25-14-12-20/h7-14,19H,4-6,15-18H2,1-3H3,(H,26,28). The number of nitrogens with zero attached hydrogens (tertiary/aromatic N) is 2. The van der Waals surface area contributed by atoms with Crippen LogP contribution in [0.4, 0.5) is 5.69 Å². The third-order valence-corrected chi connectivity index (χ3v) is 4.52. The summed E-state index contributed by atoms with van der Waals surface area (Å²) in [5, 5.41) is 2.86. The molecule has 0 aliphatic carbocycles. The highest BCUT2D eigenvalue weighted by Gasteiger charge is 2.08. The zero-order chi connectivity index (χ0) is 21.6. The zero-order valence-corrected chi connectivity index (χ0v) is 18.3. The number of carbonyl (C=O) groups excluding carboxylic acids is 1. The van der Waals surface area contributed by atoms with Gasteiger partial charge in [0.2, 0.25) is 5.91 Å². The molecule has 1 aromatic heterocycles. The Balaban J connectivity index is 1.90. The molecule has 1 N–H and O–H groups in total. The van der Waals surface area contributed by atoms with Gasteiger partial charge in [0.15, 0.2) is 11.5 Å². The van der Waals surface area contributed by atoms with Gasteiger partial charge in [0.05, 0.1) is 13.7 Å². The topological polar surface area (TPSA) is 63.7 Å². The van der Waals surface area contributed by atoms with Crippen LogP contribution in [0.3, 0.4) is 0 Å². The number of methoxy groups -OCH3 is 1. The Morgan fingerprint density at radius 3 is 2.47 bits per heavy atom. The van der Waals surface area contributed by atoms with Gasteiger partial charge in [0, 0.05) is 36.8 Å². The summed E-state index contributed by atoms with van der Waals surface area (Å²) in [6, 6.07) is 9.08. The predicted octanol–water partition coefficient (Wildman–Crippen LogP) is 4.63. The summed E-state index contributed by atoms with van der Waals surface area (Å²) in [4.78, 5) is 18.6. The van der Waals surface area contributed by atoms with Gasteiger partial charge in [0.1, 0.15) is 0 Å². The number of aromatic nitrogens is 1. The fraction of sp³-hybridized carbons (Fsp3) is 0.417. The monoisotopic (exact) mass is 411 g/mol. The molecule has 0 saturated heterocycles. The molecule has 2 aromatic rings. The van der Waals surface area contributed by atoms with Gasteiger partial charge in [-0.3, -0.25) is 9.78 Å². The molecule has 30 heavy (non-hydrogen) atoms. The maximum absolute atomic E-state index is 12.2. The fourth-order valence-electron chi connectivity index (χ4n) is 3.14. The Bertz CT molecular complexity index is 788. The van der Waals surface area contributed by atoms with Gasteiger partial charge in [-0.1, -0.05) is 13.8 Å². The lowest BCUT2D eigenvalue weighted by Crippen LogP contribution is -2.27. The van der Waals surface area contributed by atoms with Crippen molar-refractivity contribution in [1.82, 2.24) is 9.88 Å². The molecule has 0 radical (unpaired) electrons. The number of amides is 1. The lowest BCUT2D eigenvalue weighted by molar-refractivity contribution is -0.111. The first-order chi connectivity index (χ1) is 14.7. The highest BCUT2D eigenvalue weighted by molar-refractivity contribution is 6.02. The Kier molecular flexibility index (Phi) is 10.4. The minimum absolute atomic E-state index is 0.210. The molecule has 1 aromatic carbocycles. The predicted molar refractivity (Wildman–Crippen MR) is 122 cm³/mol. The van der Waals surface area contributed by atoms with E-state index in [1.807, 2.05) is 12.1 Å². The first-order valence-electron chi connectivity index (χ1n) is 10.6. The maximum Gasteiger partial charge on any atom is 0.248 e. The number of hydrogen-bond donors (Lipinski definition) is 1. The van der Waals surface area contributed by atoms with Gasteiger partial charge in [-0.25, -0.2) is 0 Å². The van der Waals surface area contributed by atoms with Crippen LogP contribution in [0.25, 0.3) is 6.08 Å². The van der Waals surface area contributed by atoms with Crippen LogP contribution in [0.1, 0.15) is 38.7 Å². The van der Waals surface area contributed by atoms with Crippen LogP contribution in [0.2, 0.25) is 0 Å². The SMILES string of the molecule is CCCN(CCC)CCCOc1cc(NC(=O)C=Cc2ccncc2)ccc1OC. The third-order valence-electron chi connectivity index (χ3n) is 4.52. The molecule has 0 aliphatic rings. The van der Waals surface area contributed by atoms with E-state index in [1.54, 1.807) is 43.8 Å². The molecule has 0 unspecified atom stereocenters. The van der Waals surface area contributed by atoms with Gasteiger partial charge in [-0.2, -0.15) is 0 Å². The zero-order valence-electron chi connectivity index (χ0n) is 18.3. The van der Waals surface area contributed by atoms with Crippen LogP contribution in [0, 0.1) is 0 Å². The van der Waals surface area contributed by atoms with E-state index in [0.29, 0.717) is 23.8 Å². The van der Waals surface area contributed by atoms with Gasteiger partial charge >= 0.3 is 0 Å². The molecule has 0 saturated carbocycles. The van der Waals surface area contributed by atoms with Crippen LogP contribution >= 0.6 is 0 Å². The van der Waals surface area contributed by atoms with Crippen LogP contribution in [-0.2, 0) is 4.79 Å². The summed E-state index contributed by atoms with van der Waals surface area (Å²) in [6.07, 6.45) is 9.88. The van der Waals surface area contributed by atoms with E-state index >= 15 is 0 Å². The average molecular weight is 412 g/mol. The molecule has 0 atom stereocenters. The van der Waals surface area contributed by atoms with E-state index in [0.717, 1.165) is 44.5 Å². The molecule has 0 fully saturated rings. The largest absolute Gasteiger partial charge is 0.493 e. The van der Waals surface area contributed by atoms with Crippen molar-refractivity contribution < 1.29 is 14.3 Å². The second kappa shape index (κ2) is 13.4. The number of benzene rings is 1. The Hall–Kier alpha value is -2.86. The molecule has 6 heteroatoms. The average Bonchev–Trinajstić information content (AvgIpc) is 2.76. The van der Waals surface area contributed by atoms with E-state index in [2.05, 4.69) is 29.0 Å². The molecule has 0 bridgehead atoms. The van der Waals surface area contributed by atoms with Crippen molar-refractivity contribution in [1.29, 1.82) is 0 Å². The fourth-order valence-corrected chi connectivity index (χ4v) is 3.14. The van der Waals surface area contributed by atoms with Crippen molar-refractivity contribution in [3.8, 4) is 11.5 Å². The Labute approximate surface area is 179 Å². The number of anilines is 1. The second-order valence-electron chi connectivity index (χ2n) is 7.01. The van der Waals surface area contributed by atoms with Crippen molar-refractivity contribution in [3.05, 3.63) is 54.4 Å². The number of nitrogens with one attached hydrogen (secondary N) is 1. The molecule has 1 amide bonds. The minimum Gasteiger partial charge on any atom is -0.493 e. The van der Waals surface area contributed by atoms with E-state index in [1.165, 1.54) is 6.08 Å². The van der Waals surface area contributed by atoms with Crippen molar-refractivity contribution in [2.45, 2.75) is 33.1 Å². The number of ether oxygens (including phenoxy) is 2. The van der Waals surface area contributed by atoms with Gasteiger partial charge in [-0.05, 0) is 68.3 Å². The highest BCUT2D eigenvalue weighted by Crippen LogP contribution is 2.30. The Morgan fingerprint density at radius 1 is 1.07 bits per heavy atom. The number of carbonyl (C=O) groups is 1. The second-order valence-corrected chi connectivity index (χ2v) is 7.01. The van der Waals surface area contributed by atoms with E-state index in [9.17, 15) is 4.79 Å². The minimum atomic E-state index is -0.210. The van der Waals surface area contributed by atoms with E-state index in [-0.39, 0.29) is 5.91 Å².